The predicted octanol–water partition coefficient (Wildman–Crippen LogP) is 2.16. The number of nitrogens with zero attached hydrogens (tertiary/aromatic N) is 2. The lowest BCUT2D eigenvalue weighted by molar-refractivity contribution is 0.0338. The fraction of sp³-hybridized carbons (Fsp3) is 0.417. The summed E-state index contributed by atoms with van der Waals surface area (Å²) in [6.45, 7) is 4.57. The lowest BCUT2D eigenvalue weighted by atomic mass is 10.2. The summed E-state index contributed by atoms with van der Waals surface area (Å²) < 4.78 is 6.41. The molecule has 0 radical (unpaired) electrons. The van der Waals surface area contributed by atoms with Gasteiger partial charge in [0.25, 0.3) is 0 Å². The first kappa shape index (κ1) is 11.2. The normalized spacial score (nSPS) is 17.7. The third kappa shape index (κ3) is 2.36. The average Bonchev–Trinajstić information content (AvgIpc) is 2.73. The first-order valence-electron chi connectivity index (χ1n) is 5.75. The second-order valence-electron chi connectivity index (χ2n) is 4.25. The van der Waals surface area contributed by atoms with Gasteiger partial charge in [0.05, 0.1) is 24.4 Å². The summed E-state index contributed by atoms with van der Waals surface area (Å²) >= 11 is 3.46. The molecule has 2 aromatic rings. The van der Waals surface area contributed by atoms with Crippen LogP contribution in [0.5, 0.6) is 0 Å². The van der Waals surface area contributed by atoms with E-state index in [1.54, 1.807) is 0 Å². The maximum atomic E-state index is 5.35. The van der Waals surface area contributed by atoms with E-state index >= 15 is 0 Å². The quantitative estimate of drug-likeness (QED) is 0.923. The predicted molar refractivity (Wildman–Crippen MR) is 69.9 cm³/mol. The van der Waals surface area contributed by atoms with Crippen molar-refractivity contribution in [3.8, 4) is 0 Å². The summed E-state index contributed by atoms with van der Waals surface area (Å²) in [5.41, 5.74) is 2.21. The summed E-state index contributed by atoms with van der Waals surface area (Å²) in [5, 5.41) is 8.68. The van der Waals surface area contributed by atoms with Crippen LogP contribution >= 0.6 is 15.9 Å². The zero-order valence-electron chi connectivity index (χ0n) is 9.45. The van der Waals surface area contributed by atoms with Gasteiger partial charge in [-0.15, -0.1) is 0 Å². The number of fused-ring (bicyclic) bond motifs is 1. The Kier molecular flexibility index (Phi) is 3.13. The molecule has 1 saturated heterocycles. The van der Waals surface area contributed by atoms with Crippen molar-refractivity contribution in [3.05, 3.63) is 28.4 Å². The molecular weight excluding hydrogens is 282 g/mol. The number of H-pyrrole nitrogens is 1. The Morgan fingerprint density at radius 1 is 1.35 bits per heavy atom. The van der Waals surface area contributed by atoms with Crippen LogP contribution in [0, 0.1) is 0 Å². The minimum Gasteiger partial charge on any atom is -0.379 e. The van der Waals surface area contributed by atoms with Crippen molar-refractivity contribution >= 4 is 26.8 Å². The molecule has 0 unspecified atom stereocenters. The largest absolute Gasteiger partial charge is 0.379 e. The van der Waals surface area contributed by atoms with Gasteiger partial charge < -0.3 is 4.74 Å². The van der Waals surface area contributed by atoms with Crippen molar-refractivity contribution < 1.29 is 4.74 Å². The van der Waals surface area contributed by atoms with E-state index in [4.69, 9.17) is 4.74 Å². The van der Waals surface area contributed by atoms with Gasteiger partial charge in [0.15, 0.2) is 0 Å². The number of halogens is 1. The molecule has 0 saturated carbocycles. The van der Waals surface area contributed by atoms with E-state index in [2.05, 4.69) is 43.2 Å². The van der Waals surface area contributed by atoms with Crippen LogP contribution in [0.15, 0.2) is 22.7 Å². The van der Waals surface area contributed by atoms with Crippen LogP contribution in [-0.2, 0) is 11.3 Å². The zero-order valence-corrected chi connectivity index (χ0v) is 11.0. The molecule has 1 aromatic carbocycles. The fourth-order valence-corrected chi connectivity index (χ4v) is 2.49. The van der Waals surface area contributed by atoms with Gasteiger partial charge in [-0.3, -0.25) is 10.00 Å². The van der Waals surface area contributed by atoms with E-state index in [1.807, 2.05) is 6.07 Å². The number of ether oxygens (including phenoxy) is 1. The van der Waals surface area contributed by atoms with Crippen LogP contribution < -0.4 is 0 Å². The molecule has 2 heterocycles. The number of morpholine rings is 1. The highest BCUT2D eigenvalue weighted by molar-refractivity contribution is 9.10. The summed E-state index contributed by atoms with van der Waals surface area (Å²) in [6.07, 6.45) is 0. The molecular formula is C12H14BrN3O. The molecule has 1 aromatic heterocycles. The second kappa shape index (κ2) is 4.76. The highest BCUT2D eigenvalue weighted by Crippen LogP contribution is 2.21. The van der Waals surface area contributed by atoms with Crippen LogP contribution in [0.2, 0.25) is 0 Å². The Hall–Kier alpha value is -0.910. The van der Waals surface area contributed by atoms with Crippen molar-refractivity contribution in [3.63, 3.8) is 0 Å². The lowest BCUT2D eigenvalue weighted by Crippen LogP contribution is -2.35. The molecule has 1 fully saturated rings. The van der Waals surface area contributed by atoms with E-state index in [0.717, 1.165) is 42.8 Å². The molecule has 1 aliphatic heterocycles. The number of nitrogens with one attached hydrogen (secondary N) is 1. The molecule has 0 amide bonds. The van der Waals surface area contributed by atoms with Gasteiger partial charge in [-0.2, -0.15) is 5.10 Å². The first-order valence-corrected chi connectivity index (χ1v) is 6.55. The van der Waals surface area contributed by atoms with Gasteiger partial charge in [0, 0.05) is 29.5 Å². The van der Waals surface area contributed by atoms with Crippen LogP contribution in [-0.4, -0.2) is 41.4 Å². The van der Waals surface area contributed by atoms with Crippen molar-refractivity contribution in [1.82, 2.24) is 15.1 Å². The number of hydrogen-bond donors (Lipinski definition) is 1. The topological polar surface area (TPSA) is 41.1 Å². The van der Waals surface area contributed by atoms with E-state index in [0.29, 0.717) is 0 Å². The van der Waals surface area contributed by atoms with Crippen LogP contribution in [0.25, 0.3) is 10.9 Å². The standard InChI is InChI=1S/C12H14BrN3O/c13-9-1-2-10-11(7-9)14-15-12(10)8-16-3-5-17-6-4-16/h1-2,7H,3-6,8H2,(H,14,15). The third-order valence-corrected chi connectivity index (χ3v) is 3.57. The number of aromatic amines is 1. The van der Waals surface area contributed by atoms with Crippen molar-refractivity contribution in [2.45, 2.75) is 6.54 Å². The lowest BCUT2D eigenvalue weighted by Gasteiger charge is -2.25. The zero-order chi connectivity index (χ0) is 11.7. The highest BCUT2D eigenvalue weighted by Gasteiger charge is 2.13. The van der Waals surface area contributed by atoms with Gasteiger partial charge in [-0.1, -0.05) is 15.9 Å². The van der Waals surface area contributed by atoms with Crippen molar-refractivity contribution in [2.24, 2.45) is 0 Å². The third-order valence-electron chi connectivity index (χ3n) is 3.08. The number of rotatable bonds is 2. The van der Waals surface area contributed by atoms with Gasteiger partial charge in [-0.25, -0.2) is 0 Å². The number of aromatic nitrogens is 2. The van der Waals surface area contributed by atoms with Crippen molar-refractivity contribution in [2.75, 3.05) is 26.3 Å². The Labute approximate surface area is 108 Å². The van der Waals surface area contributed by atoms with E-state index < -0.39 is 0 Å². The Morgan fingerprint density at radius 2 is 2.18 bits per heavy atom. The minimum atomic E-state index is 0.831. The fourth-order valence-electron chi connectivity index (χ4n) is 2.14. The molecule has 90 valence electrons. The molecule has 3 rings (SSSR count). The summed E-state index contributed by atoms with van der Waals surface area (Å²) in [4.78, 5) is 2.39. The van der Waals surface area contributed by atoms with E-state index in [1.165, 1.54) is 11.1 Å². The molecule has 17 heavy (non-hydrogen) atoms. The number of hydrogen-bond acceptors (Lipinski definition) is 3. The summed E-state index contributed by atoms with van der Waals surface area (Å²) in [6, 6.07) is 6.20. The second-order valence-corrected chi connectivity index (χ2v) is 5.17. The van der Waals surface area contributed by atoms with Crippen LogP contribution in [0.3, 0.4) is 0 Å². The maximum Gasteiger partial charge on any atom is 0.0935 e. The minimum absolute atomic E-state index is 0.831. The van der Waals surface area contributed by atoms with E-state index in [-0.39, 0.29) is 0 Å². The molecule has 0 bridgehead atoms. The molecule has 1 aliphatic rings. The molecule has 0 spiro atoms. The van der Waals surface area contributed by atoms with Crippen LogP contribution in [0.4, 0.5) is 0 Å². The summed E-state index contributed by atoms with van der Waals surface area (Å²) in [5.74, 6) is 0. The maximum absolute atomic E-state index is 5.35. The molecule has 1 N–H and O–H groups in total. The van der Waals surface area contributed by atoms with E-state index in [9.17, 15) is 0 Å². The summed E-state index contributed by atoms with van der Waals surface area (Å²) in [7, 11) is 0. The molecule has 4 nitrogen and oxygen atoms in total. The van der Waals surface area contributed by atoms with Gasteiger partial charge in [0.2, 0.25) is 0 Å². The smallest absolute Gasteiger partial charge is 0.0935 e. The SMILES string of the molecule is Brc1ccc2c(CN3CCOCC3)[nH]nc2c1. The number of benzene rings is 1. The molecule has 0 aliphatic carbocycles. The highest BCUT2D eigenvalue weighted by atomic mass is 79.9. The van der Waals surface area contributed by atoms with Crippen LogP contribution in [0.1, 0.15) is 5.69 Å². The Bertz CT molecular complexity index is 519. The molecule has 0 atom stereocenters. The Morgan fingerprint density at radius 3 is 3.00 bits per heavy atom. The van der Waals surface area contributed by atoms with Gasteiger partial charge in [0.1, 0.15) is 0 Å². The molecule has 5 heteroatoms. The van der Waals surface area contributed by atoms with Gasteiger partial charge >= 0.3 is 0 Å². The monoisotopic (exact) mass is 295 g/mol. The average molecular weight is 296 g/mol. The Balaban J connectivity index is 1.84. The van der Waals surface area contributed by atoms with Gasteiger partial charge in [-0.05, 0) is 18.2 Å². The first-order chi connectivity index (χ1) is 8.33. The van der Waals surface area contributed by atoms with Crippen molar-refractivity contribution in [1.29, 1.82) is 0 Å².